The van der Waals surface area contributed by atoms with Gasteiger partial charge in [0.25, 0.3) is 0 Å². The van der Waals surface area contributed by atoms with Gasteiger partial charge in [-0.2, -0.15) is 0 Å². The van der Waals surface area contributed by atoms with Crippen molar-refractivity contribution in [2.45, 2.75) is 39.3 Å². The normalized spacial score (nSPS) is 19.9. The van der Waals surface area contributed by atoms with Gasteiger partial charge in [0.15, 0.2) is 0 Å². The Bertz CT molecular complexity index is 439. The van der Waals surface area contributed by atoms with Crippen molar-refractivity contribution in [1.29, 1.82) is 0 Å². The molecule has 0 spiro atoms. The van der Waals surface area contributed by atoms with Crippen LogP contribution in [-0.2, 0) is 0 Å². The minimum absolute atomic E-state index is 0.0747. The molecule has 1 fully saturated rings. The van der Waals surface area contributed by atoms with E-state index in [2.05, 4.69) is 64.7 Å². The topological polar surface area (TPSA) is 32.5 Å². The maximum absolute atomic E-state index is 6.12. The van der Waals surface area contributed by atoms with E-state index in [0.29, 0.717) is 6.04 Å². The number of nitrogens with zero attached hydrogens (tertiary/aromatic N) is 2. The van der Waals surface area contributed by atoms with E-state index < -0.39 is 0 Å². The Balaban J connectivity index is 2.12. The maximum Gasteiger partial charge on any atom is 0.0426 e. The quantitative estimate of drug-likeness (QED) is 0.912. The standard InChI is InChI=1S/C16H26BrN3/c1-4-12(2)19-7-9-20(10-8-19)16-11-14(17)5-6-15(16)13(3)18/h5-6,11-13H,4,7-10,18H2,1-3H3. The van der Waals surface area contributed by atoms with Crippen LogP contribution < -0.4 is 10.6 Å². The van der Waals surface area contributed by atoms with Crippen LogP contribution in [0.25, 0.3) is 0 Å². The Morgan fingerprint density at radius 3 is 2.40 bits per heavy atom. The zero-order valence-corrected chi connectivity index (χ0v) is 14.4. The van der Waals surface area contributed by atoms with Crippen molar-refractivity contribution in [1.82, 2.24) is 4.90 Å². The number of piperazine rings is 1. The summed E-state index contributed by atoms with van der Waals surface area (Å²) in [5, 5.41) is 0. The molecule has 0 bridgehead atoms. The third-order valence-electron chi connectivity index (χ3n) is 4.35. The summed E-state index contributed by atoms with van der Waals surface area (Å²) in [6.07, 6.45) is 1.22. The Morgan fingerprint density at radius 2 is 1.85 bits per heavy atom. The van der Waals surface area contributed by atoms with Gasteiger partial charge in [0.1, 0.15) is 0 Å². The highest BCUT2D eigenvalue weighted by Crippen LogP contribution is 2.29. The van der Waals surface area contributed by atoms with Crippen LogP contribution in [0.1, 0.15) is 38.8 Å². The van der Waals surface area contributed by atoms with Crippen molar-refractivity contribution in [2.75, 3.05) is 31.1 Å². The summed E-state index contributed by atoms with van der Waals surface area (Å²) >= 11 is 3.58. The maximum atomic E-state index is 6.12. The zero-order valence-electron chi connectivity index (χ0n) is 12.8. The number of hydrogen-bond acceptors (Lipinski definition) is 3. The number of halogens is 1. The van der Waals surface area contributed by atoms with Crippen molar-refractivity contribution in [3.63, 3.8) is 0 Å². The molecule has 3 nitrogen and oxygen atoms in total. The molecule has 1 saturated heterocycles. The Morgan fingerprint density at radius 1 is 1.20 bits per heavy atom. The monoisotopic (exact) mass is 339 g/mol. The summed E-state index contributed by atoms with van der Waals surface area (Å²) in [6, 6.07) is 7.19. The van der Waals surface area contributed by atoms with E-state index in [9.17, 15) is 0 Å². The molecule has 0 radical (unpaired) electrons. The van der Waals surface area contributed by atoms with Crippen LogP contribution >= 0.6 is 15.9 Å². The van der Waals surface area contributed by atoms with E-state index in [4.69, 9.17) is 5.73 Å². The van der Waals surface area contributed by atoms with Gasteiger partial charge in [-0.25, -0.2) is 0 Å². The fourth-order valence-electron chi connectivity index (χ4n) is 2.84. The van der Waals surface area contributed by atoms with Gasteiger partial charge in [-0.05, 0) is 38.0 Å². The van der Waals surface area contributed by atoms with Crippen LogP contribution in [0.15, 0.2) is 22.7 Å². The first-order chi connectivity index (χ1) is 9.52. The highest BCUT2D eigenvalue weighted by atomic mass is 79.9. The highest BCUT2D eigenvalue weighted by molar-refractivity contribution is 9.10. The van der Waals surface area contributed by atoms with Gasteiger partial charge in [-0.3, -0.25) is 4.90 Å². The third kappa shape index (κ3) is 3.54. The van der Waals surface area contributed by atoms with Crippen molar-refractivity contribution in [3.8, 4) is 0 Å². The van der Waals surface area contributed by atoms with E-state index in [-0.39, 0.29) is 6.04 Å². The van der Waals surface area contributed by atoms with Crippen LogP contribution in [0.4, 0.5) is 5.69 Å². The van der Waals surface area contributed by atoms with E-state index >= 15 is 0 Å². The Hall–Kier alpha value is -0.580. The molecule has 4 heteroatoms. The summed E-state index contributed by atoms with van der Waals surface area (Å²) in [5.74, 6) is 0. The molecule has 0 amide bonds. The molecular formula is C16H26BrN3. The number of rotatable bonds is 4. The lowest BCUT2D eigenvalue weighted by Gasteiger charge is -2.40. The molecule has 20 heavy (non-hydrogen) atoms. The largest absolute Gasteiger partial charge is 0.369 e. The molecule has 2 unspecified atom stereocenters. The first kappa shape index (κ1) is 15.8. The Kier molecular flexibility index (Phi) is 5.47. The number of hydrogen-bond donors (Lipinski definition) is 1. The molecule has 0 aliphatic carbocycles. The molecule has 1 aliphatic heterocycles. The van der Waals surface area contributed by atoms with Crippen LogP contribution in [-0.4, -0.2) is 37.1 Å². The number of nitrogens with two attached hydrogens (primary N) is 1. The lowest BCUT2D eigenvalue weighted by molar-refractivity contribution is 0.192. The summed E-state index contributed by atoms with van der Waals surface area (Å²) in [6.45, 7) is 11.1. The lowest BCUT2D eigenvalue weighted by atomic mass is 10.0. The van der Waals surface area contributed by atoms with Gasteiger partial charge in [0.2, 0.25) is 0 Å². The average molecular weight is 340 g/mol. The first-order valence-electron chi connectivity index (χ1n) is 7.57. The van der Waals surface area contributed by atoms with Crippen molar-refractivity contribution in [2.24, 2.45) is 5.73 Å². The van der Waals surface area contributed by atoms with Gasteiger partial charge in [-0.15, -0.1) is 0 Å². The smallest absolute Gasteiger partial charge is 0.0426 e. The third-order valence-corrected chi connectivity index (χ3v) is 4.85. The minimum Gasteiger partial charge on any atom is -0.369 e. The highest BCUT2D eigenvalue weighted by Gasteiger charge is 2.22. The molecule has 1 heterocycles. The van der Waals surface area contributed by atoms with E-state index in [1.165, 1.54) is 17.7 Å². The zero-order chi connectivity index (χ0) is 14.7. The molecule has 2 atom stereocenters. The van der Waals surface area contributed by atoms with E-state index in [1.807, 2.05) is 0 Å². The van der Waals surface area contributed by atoms with Crippen LogP contribution in [0.3, 0.4) is 0 Å². The summed E-state index contributed by atoms with van der Waals surface area (Å²) in [4.78, 5) is 5.06. The molecule has 0 saturated carbocycles. The van der Waals surface area contributed by atoms with Crippen molar-refractivity contribution < 1.29 is 0 Å². The second-order valence-electron chi connectivity index (χ2n) is 5.77. The summed E-state index contributed by atoms with van der Waals surface area (Å²) < 4.78 is 1.13. The van der Waals surface area contributed by atoms with Gasteiger partial charge < -0.3 is 10.6 Å². The van der Waals surface area contributed by atoms with Gasteiger partial charge in [-0.1, -0.05) is 28.9 Å². The van der Waals surface area contributed by atoms with Crippen molar-refractivity contribution >= 4 is 21.6 Å². The summed E-state index contributed by atoms with van der Waals surface area (Å²) in [7, 11) is 0. The first-order valence-corrected chi connectivity index (χ1v) is 8.36. The minimum atomic E-state index is 0.0747. The second-order valence-corrected chi connectivity index (χ2v) is 6.69. The van der Waals surface area contributed by atoms with Crippen LogP contribution in [0, 0.1) is 0 Å². The fraction of sp³-hybridized carbons (Fsp3) is 0.625. The van der Waals surface area contributed by atoms with Gasteiger partial charge >= 0.3 is 0 Å². The molecule has 2 rings (SSSR count). The van der Waals surface area contributed by atoms with Gasteiger partial charge in [0.05, 0.1) is 0 Å². The Labute approximate surface area is 131 Å². The molecule has 2 N–H and O–H groups in total. The average Bonchev–Trinajstić information content (AvgIpc) is 2.46. The lowest BCUT2D eigenvalue weighted by Crippen LogP contribution is -2.49. The molecule has 0 aromatic heterocycles. The molecular weight excluding hydrogens is 314 g/mol. The van der Waals surface area contributed by atoms with E-state index in [0.717, 1.165) is 30.7 Å². The predicted molar refractivity (Wildman–Crippen MR) is 90.3 cm³/mol. The second kappa shape index (κ2) is 6.92. The molecule has 1 aliphatic rings. The van der Waals surface area contributed by atoms with Gasteiger partial charge in [0, 0.05) is 48.4 Å². The molecule has 112 valence electrons. The number of benzene rings is 1. The number of anilines is 1. The predicted octanol–water partition coefficient (Wildman–Crippen LogP) is 3.39. The van der Waals surface area contributed by atoms with E-state index in [1.54, 1.807) is 0 Å². The van der Waals surface area contributed by atoms with Crippen LogP contribution in [0.2, 0.25) is 0 Å². The fourth-order valence-corrected chi connectivity index (χ4v) is 3.19. The van der Waals surface area contributed by atoms with Crippen LogP contribution in [0.5, 0.6) is 0 Å². The van der Waals surface area contributed by atoms with Crippen molar-refractivity contribution in [3.05, 3.63) is 28.2 Å². The summed E-state index contributed by atoms with van der Waals surface area (Å²) in [5.41, 5.74) is 8.65. The SMILES string of the molecule is CCC(C)N1CCN(c2cc(Br)ccc2C(C)N)CC1. The molecule has 1 aromatic rings. The molecule has 1 aromatic carbocycles.